The van der Waals surface area contributed by atoms with Crippen LogP contribution >= 0.6 is 0 Å². The van der Waals surface area contributed by atoms with Crippen molar-refractivity contribution in [3.8, 4) is 0 Å². The summed E-state index contributed by atoms with van der Waals surface area (Å²) in [6.07, 6.45) is 1.82. The van der Waals surface area contributed by atoms with Gasteiger partial charge in [-0.2, -0.15) is 0 Å². The molecule has 2 aromatic rings. The van der Waals surface area contributed by atoms with E-state index in [0.29, 0.717) is 11.2 Å². The number of aryl methyl sites for hydroxylation is 1. The van der Waals surface area contributed by atoms with Gasteiger partial charge in [-0.05, 0) is 17.7 Å². The maximum atomic E-state index is 11.0. The quantitative estimate of drug-likeness (QED) is 0.733. The van der Waals surface area contributed by atoms with Crippen LogP contribution in [0.15, 0.2) is 18.3 Å². The van der Waals surface area contributed by atoms with Gasteiger partial charge in [-0.25, -0.2) is 4.98 Å². The van der Waals surface area contributed by atoms with Crippen molar-refractivity contribution in [1.82, 2.24) is 9.55 Å². The third kappa shape index (κ3) is 1.46. The highest BCUT2D eigenvalue weighted by Crippen LogP contribution is 2.18. The Bertz CT molecular complexity index is 531. The standard InChI is InChI=1S/C10H11N3O2/c1-13-3-2-7-6(5-14)4-8(9(11)15)12-10(7)13/h2-4,14H,5H2,1H3,(H2,11,15). The summed E-state index contributed by atoms with van der Waals surface area (Å²) in [5, 5.41) is 10.00. The zero-order valence-electron chi connectivity index (χ0n) is 8.27. The normalized spacial score (nSPS) is 10.8. The first-order chi connectivity index (χ1) is 7.13. The van der Waals surface area contributed by atoms with E-state index in [0.717, 1.165) is 5.39 Å². The average Bonchev–Trinajstić information content (AvgIpc) is 2.59. The van der Waals surface area contributed by atoms with Gasteiger partial charge < -0.3 is 15.4 Å². The number of hydrogen-bond donors (Lipinski definition) is 2. The number of aromatic nitrogens is 2. The van der Waals surface area contributed by atoms with Crippen molar-refractivity contribution < 1.29 is 9.90 Å². The summed E-state index contributed by atoms with van der Waals surface area (Å²) in [5.74, 6) is -0.590. The van der Waals surface area contributed by atoms with Gasteiger partial charge in [0.2, 0.25) is 0 Å². The van der Waals surface area contributed by atoms with Crippen LogP contribution in [-0.2, 0) is 13.7 Å². The third-order valence-corrected chi connectivity index (χ3v) is 2.35. The first kappa shape index (κ1) is 9.67. The van der Waals surface area contributed by atoms with Crippen molar-refractivity contribution in [1.29, 1.82) is 0 Å². The monoisotopic (exact) mass is 205 g/mol. The summed E-state index contributed by atoms with van der Waals surface area (Å²) in [7, 11) is 1.82. The van der Waals surface area contributed by atoms with Gasteiger partial charge in [0.25, 0.3) is 5.91 Å². The number of nitrogens with zero attached hydrogens (tertiary/aromatic N) is 2. The van der Waals surface area contributed by atoms with Crippen molar-refractivity contribution in [3.63, 3.8) is 0 Å². The van der Waals surface area contributed by atoms with Crippen molar-refractivity contribution in [2.24, 2.45) is 12.8 Å². The molecule has 0 fully saturated rings. The number of aliphatic hydroxyl groups is 1. The fourth-order valence-corrected chi connectivity index (χ4v) is 1.56. The summed E-state index contributed by atoms with van der Waals surface area (Å²) in [6.45, 7) is -0.136. The zero-order chi connectivity index (χ0) is 11.0. The van der Waals surface area contributed by atoms with Crippen molar-refractivity contribution in [2.75, 3.05) is 0 Å². The second-order valence-electron chi connectivity index (χ2n) is 3.35. The Morgan fingerprint density at radius 2 is 2.40 bits per heavy atom. The first-order valence-corrected chi connectivity index (χ1v) is 4.49. The molecule has 0 aliphatic carbocycles. The largest absolute Gasteiger partial charge is 0.392 e. The lowest BCUT2D eigenvalue weighted by molar-refractivity contribution is 0.0995. The van der Waals surface area contributed by atoms with E-state index >= 15 is 0 Å². The Morgan fingerprint density at radius 3 is 3.00 bits per heavy atom. The predicted octanol–water partition coefficient (Wildman–Crippen LogP) is 0.164. The van der Waals surface area contributed by atoms with Crippen molar-refractivity contribution in [2.45, 2.75) is 6.61 Å². The van der Waals surface area contributed by atoms with Crippen LogP contribution in [0.3, 0.4) is 0 Å². The number of carbonyl (C=O) groups excluding carboxylic acids is 1. The number of primary amides is 1. The molecule has 0 unspecified atom stereocenters. The maximum Gasteiger partial charge on any atom is 0.267 e. The van der Waals surface area contributed by atoms with E-state index in [2.05, 4.69) is 4.98 Å². The molecule has 1 amide bonds. The molecule has 78 valence electrons. The summed E-state index contributed by atoms with van der Waals surface area (Å²) >= 11 is 0. The van der Waals surface area contributed by atoms with E-state index < -0.39 is 5.91 Å². The fourth-order valence-electron chi connectivity index (χ4n) is 1.56. The minimum atomic E-state index is -0.590. The van der Waals surface area contributed by atoms with Gasteiger partial charge in [0.15, 0.2) is 0 Å². The van der Waals surface area contributed by atoms with Crippen molar-refractivity contribution in [3.05, 3.63) is 29.6 Å². The smallest absolute Gasteiger partial charge is 0.267 e. The summed E-state index contributed by atoms with van der Waals surface area (Å²) in [5.41, 5.74) is 6.64. The average molecular weight is 205 g/mol. The minimum Gasteiger partial charge on any atom is -0.392 e. The van der Waals surface area contributed by atoms with Gasteiger partial charge in [-0.3, -0.25) is 4.79 Å². The van der Waals surface area contributed by atoms with E-state index in [1.54, 1.807) is 4.57 Å². The Hall–Kier alpha value is -1.88. The first-order valence-electron chi connectivity index (χ1n) is 4.49. The number of pyridine rings is 1. The number of aliphatic hydroxyl groups excluding tert-OH is 1. The molecular weight excluding hydrogens is 194 g/mol. The van der Waals surface area contributed by atoms with Crippen LogP contribution in [-0.4, -0.2) is 20.6 Å². The van der Waals surface area contributed by atoms with E-state index in [4.69, 9.17) is 10.8 Å². The van der Waals surface area contributed by atoms with Crippen LogP contribution in [0.5, 0.6) is 0 Å². The highest BCUT2D eigenvalue weighted by atomic mass is 16.3. The predicted molar refractivity (Wildman–Crippen MR) is 55.2 cm³/mol. The molecule has 0 atom stereocenters. The molecule has 3 N–H and O–H groups in total. The van der Waals surface area contributed by atoms with Crippen LogP contribution in [0.4, 0.5) is 0 Å². The maximum absolute atomic E-state index is 11.0. The molecule has 2 heterocycles. The SMILES string of the molecule is Cn1ccc2c(CO)cc(C(N)=O)nc21. The topological polar surface area (TPSA) is 81.1 Å². The summed E-state index contributed by atoms with van der Waals surface area (Å²) < 4.78 is 1.78. The van der Waals surface area contributed by atoms with Crippen molar-refractivity contribution >= 4 is 16.9 Å². The number of fused-ring (bicyclic) bond motifs is 1. The highest BCUT2D eigenvalue weighted by molar-refractivity contribution is 5.94. The van der Waals surface area contributed by atoms with E-state index in [1.165, 1.54) is 6.07 Å². The second-order valence-corrected chi connectivity index (χ2v) is 3.35. The third-order valence-electron chi connectivity index (χ3n) is 2.35. The molecule has 2 aromatic heterocycles. The van der Waals surface area contributed by atoms with Gasteiger partial charge in [0.05, 0.1) is 6.61 Å². The van der Waals surface area contributed by atoms with Crippen LogP contribution in [0.1, 0.15) is 16.1 Å². The number of amides is 1. The second kappa shape index (κ2) is 3.36. The number of carbonyl (C=O) groups is 1. The van der Waals surface area contributed by atoms with Gasteiger partial charge >= 0.3 is 0 Å². The minimum absolute atomic E-state index is 0.136. The molecule has 0 radical (unpaired) electrons. The van der Waals surface area contributed by atoms with Crippen LogP contribution in [0.25, 0.3) is 11.0 Å². The van der Waals surface area contributed by atoms with Crippen LogP contribution in [0, 0.1) is 0 Å². The molecule has 0 aliphatic heterocycles. The molecular formula is C10H11N3O2. The molecule has 0 saturated heterocycles. The number of rotatable bonds is 2. The fraction of sp³-hybridized carbons (Fsp3) is 0.200. The lowest BCUT2D eigenvalue weighted by Gasteiger charge is -2.03. The van der Waals surface area contributed by atoms with E-state index in [1.807, 2.05) is 19.3 Å². The molecule has 0 saturated carbocycles. The van der Waals surface area contributed by atoms with E-state index in [-0.39, 0.29) is 12.3 Å². The van der Waals surface area contributed by atoms with E-state index in [9.17, 15) is 4.79 Å². The summed E-state index contributed by atoms with van der Waals surface area (Å²) in [6, 6.07) is 3.36. The Morgan fingerprint density at radius 1 is 1.67 bits per heavy atom. The molecule has 0 bridgehead atoms. The zero-order valence-corrected chi connectivity index (χ0v) is 8.27. The Kier molecular flexibility index (Phi) is 2.17. The molecule has 0 aliphatic rings. The molecule has 0 spiro atoms. The van der Waals surface area contributed by atoms with Gasteiger partial charge in [-0.1, -0.05) is 0 Å². The Labute approximate surface area is 86.1 Å². The number of nitrogens with two attached hydrogens (primary N) is 1. The lowest BCUT2D eigenvalue weighted by atomic mass is 10.1. The molecule has 15 heavy (non-hydrogen) atoms. The van der Waals surface area contributed by atoms with Gasteiger partial charge in [0, 0.05) is 18.6 Å². The lowest BCUT2D eigenvalue weighted by Crippen LogP contribution is -2.14. The number of hydrogen-bond acceptors (Lipinski definition) is 3. The van der Waals surface area contributed by atoms with Gasteiger partial charge in [-0.15, -0.1) is 0 Å². The molecule has 5 nitrogen and oxygen atoms in total. The Balaban J connectivity index is 2.79. The highest BCUT2D eigenvalue weighted by Gasteiger charge is 2.10. The van der Waals surface area contributed by atoms with Crippen LogP contribution < -0.4 is 5.73 Å². The van der Waals surface area contributed by atoms with Crippen LogP contribution in [0.2, 0.25) is 0 Å². The van der Waals surface area contributed by atoms with Gasteiger partial charge in [0.1, 0.15) is 11.3 Å². The molecule has 5 heteroatoms. The summed E-state index contributed by atoms with van der Waals surface area (Å²) in [4.78, 5) is 15.1. The molecule has 2 rings (SSSR count). The molecule has 0 aromatic carbocycles.